The zero-order chi connectivity index (χ0) is 28.6. The molecule has 40 heavy (non-hydrogen) atoms. The molecule has 1 aliphatic rings. The second-order valence-corrected chi connectivity index (χ2v) is 11.1. The van der Waals surface area contributed by atoms with E-state index in [1.165, 1.54) is 16.2 Å². The van der Waals surface area contributed by atoms with Gasteiger partial charge in [-0.2, -0.15) is 0 Å². The van der Waals surface area contributed by atoms with Crippen molar-refractivity contribution in [2.24, 2.45) is 0 Å². The first-order valence-electron chi connectivity index (χ1n) is 13.0. The fourth-order valence-corrected chi connectivity index (χ4v) is 5.79. The number of ether oxygens (including phenoxy) is 1. The van der Waals surface area contributed by atoms with Gasteiger partial charge in [-0.05, 0) is 62.7 Å². The third-order valence-corrected chi connectivity index (χ3v) is 7.89. The fourth-order valence-electron chi connectivity index (χ4n) is 4.76. The molecular formula is C32H31N3O4S. The number of aryl methyl sites for hydroxylation is 1. The van der Waals surface area contributed by atoms with Crippen LogP contribution in [0.15, 0.2) is 90.2 Å². The van der Waals surface area contributed by atoms with Crippen LogP contribution in [0.3, 0.4) is 0 Å². The quantitative estimate of drug-likeness (QED) is 0.243. The molecule has 0 radical (unpaired) electrons. The largest absolute Gasteiger partial charge is 0.503 e. The second kappa shape index (κ2) is 11.0. The number of carbonyl (C=O) groups excluding carboxylic acids is 2. The summed E-state index contributed by atoms with van der Waals surface area (Å²) in [7, 11) is 3.87. The molecule has 1 N–H and O–H groups in total. The minimum Gasteiger partial charge on any atom is -0.503 e. The number of hydrogen-bond donors (Lipinski definition) is 1. The summed E-state index contributed by atoms with van der Waals surface area (Å²) in [6.07, 6.45) is -0.000175. The zero-order valence-electron chi connectivity index (χ0n) is 23.1. The SMILES string of the molecule is Cc1nc(-c2ccccc2)sc1C(=O)C1=C(O)C(=O)N(c2ccc(N(C)C)cc2)C1c1ccc(OC(C)C)cc1. The van der Waals surface area contributed by atoms with Gasteiger partial charge in [0, 0.05) is 31.0 Å². The molecule has 1 atom stereocenters. The number of carbonyl (C=O) groups is 2. The molecule has 4 aromatic rings. The van der Waals surface area contributed by atoms with Crippen molar-refractivity contribution < 1.29 is 19.4 Å². The van der Waals surface area contributed by atoms with Crippen LogP contribution in [-0.4, -0.2) is 42.0 Å². The van der Waals surface area contributed by atoms with Gasteiger partial charge in [-0.3, -0.25) is 14.5 Å². The van der Waals surface area contributed by atoms with Gasteiger partial charge >= 0.3 is 0 Å². The van der Waals surface area contributed by atoms with Crippen LogP contribution in [0, 0.1) is 6.92 Å². The van der Waals surface area contributed by atoms with Crippen molar-refractivity contribution in [3.8, 4) is 16.3 Å². The van der Waals surface area contributed by atoms with E-state index < -0.39 is 23.5 Å². The molecule has 1 aromatic heterocycles. The number of aliphatic hydroxyl groups is 1. The minimum atomic E-state index is -0.833. The first-order valence-corrected chi connectivity index (χ1v) is 13.9. The summed E-state index contributed by atoms with van der Waals surface area (Å²) in [6.45, 7) is 5.66. The Hall–Kier alpha value is -4.43. The number of benzene rings is 3. The molecule has 3 aromatic carbocycles. The van der Waals surface area contributed by atoms with Crippen LogP contribution >= 0.6 is 11.3 Å². The maximum atomic E-state index is 14.1. The predicted octanol–water partition coefficient (Wildman–Crippen LogP) is 6.75. The fraction of sp³-hybridized carbons (Fsp3) is 0.219. The summed E-state index contributed by atoms with van der Waals surface area (Å²) in [6, 6.07) is 23.5. The van der Waals surface area contributed by atoms with E-state index in [4.69, 9.17) is 4.74 Å². The number of aromatic nitrogens is 1. The number of amides is 1. The second-order valence-electron chi connectivity index (χ2n) is 10.1. The molecule has 5 rings (SSSR count). The number of anilines is 2. The van der Waals surface area contributed by atoms with Crippen molar-refractivity contribution in [1.29, 1.82) is 0 Å². The Kier molecular flexibility index (Phi) is 7.45. The van der Waals surface area contributed by atoms with Gasteiger partial charge in [0.25, 0.3) is 5.91 Å². The van der Waals surface area contributed by atoms with E-state index in [2.05, 4.69) is 4.98 Å². The Morgan fingerprint density at radius 3 is 2.25 bits per heavy atom. The molecule has 7 nitrogen and oxygen atoms in total. The molecule has 1 aliphatic heterocycles. The van der Waals surface area contributed by atoms with Crippen LogP contribution in [-0.2, 0) is 4.79 Å². The summed E-state index contributed by atoms with van der Waals surface area (Å²) in [5.74, 6) is -0.915. The zero-order valence-corrected chi connectivity index (χ0v) is 23.9. The first-order chi connectivity index (χ1) is 19.2. The van der Waals surface area contributed by atoms with E-state index in [0.717, 1.165) is 11.3 Å². The van der Waals surface area contributed by atoms with Crippen molar-refractivity contribution in [2.45, 2.75) is 32.9 Å². The highest BCUT2D eigenvalue weighted by atomic mass is 32.1. The Morgan fingerprint density at radius 1 is 1.00 bits per heavy atom. The topological polar surface area (TPSA) is 83.0 Å². The van der Waals surface area contributed by atoms with E-state index in [9.17, 15) is 14.7 Å². The van der Waals surface area contributed by atoms with Gasteiger partial charge in [0.15, 0.2) is 5.76 Å². The van der Waals surface area contributed by atoms with Crippen LogP contribution in [0.4, 0.5) is 11.4 Å². The Morgan fingerprint density at radius 2 is 1.65 bits per heavy atom. The Bertz CT molecular complexity index is 1570. The summed E-state index contributed by atoms with van der Waals surface area (Å²) in [4.78, 5) is 36.2. The summed E-state index contributed by atoms with van der Waals surface area (Å²) < 4.78 is 5.81. The summed E-state index contributed by atoms with van der Waals surface area (Å²) >= 11 is 1.26. The number of aliphatic hydroxyl groups excluding tert-OH is 1. The lowest BCUT2D eigenvalue weighted by Gasteiger charge is -2.27. The molecule has 0 spiro atoms. The van der Waals surface area contributed by atoms with Crippen LogP contribution in [0.5, 0.6) is 5.75 Å². The predicted molar refractivity (Wildman–Crippen MR) is 159 cm³/mol. The number of rotatable bonds is 8. The third kappa shape index (κ3) is 5.10. The monoisotopic (exact) mass is 553 g/mol. The molecule has 0 bridgehead atoms. The van der Waals surface area contributed by atoms with Gasteiger partial charge in [0.05, 0.1) is 28.3 Å². The number of thiazole rings is 1. The van der Waals surface area contributed by atoms with Crippen molar-refractivity contribution in [2.75, 3.05) is 23.9 Å². The third-order valence-electron chi connectivity index (χ3n) is 6.69. The smallest absolute Gasteiger partial charge is 0.294 e. The lowest BCUT2D eigenvalue weighted by atomic mass is 9.94. The standard InChI is InChI=1S/C32H31N3O4S/c1-19(2)39-25-17-11-21(12-18-25)27-26(28(36)30-20(3)33-31(40-30)22-9-7-6-8-10-22)29(37)32(38)35(27)24-15-13-23(14-16-24)34(4)5/h6-19,27,37H,1-5H3. The molecule has 0 saturated heterocycles. The molecule has 0 aliphatic carbocycles. The van der Waals surface area contributed by atoms with E-state index in [1.54, 1.807) is 6.92 Å². The van der Waals surface area contributed by atoms with E-state index in [-0.39, 0.29) is 11.7 Å². The van der Waals surface area contributed by atoms with Gasteiger partial charge in [-0.1, -0.05) is 42.5 Å². The molecule has 8 heteroatoms. The lowest BCUT2D eigenvalue weighted by Crippen LogP contribution is -2.31. The maximum Gasteiger partial charge on any atom is 0.294 e. The summed E-state index contributed by atoms with van der Waals surface area (Å²) in [5, 5.41) is 11.9. The minimum absolute atomic E-state index is 0.000175. The Labute approximate surface area is 238 Å². The van der Waals surface area contributed by atoms with Crippen LogP contribution in [0.25, 0.3) is 10.6 Å². The van der Waals surface area contributed by atoms with Crippen LogP contribution in [0.2, 0.25) is 0 Å². The number of hydrogen-bond acceptors (Lipinski definition) is 7. The molecule has 1 amide bonds. The molecule has 2 heterocycles. The van der Waals surface area contributed by atoms with Crippen molar-refractivity contribution >= 4 is 34.4 Å². The van der Waals surface area contributed by atoms with Gasteiger partial charge < -0.3 is 14.7 Å². The molecule has 204 valence electrons. The van der Waals surface area contributed by atoms with Gasteiger partial charge in [0.2, 0.25) is 5.78 Å². The average molecular weight is 554 g/mol. The highest BCUT2D eigenvalue weighted by Crippen LogP contribution is 2.44. The van der Waals surface area contributed by atoms with Gasteiger partial charge in [-0.25, -0.2) is 4.98 Å². The van der Waals surface area contributed by atoms with Crippen LogP contribution in [0.1, 0.15) is 40.8 Å². The van der Waals surface area contributed by atoms with Crippen molar-refractivity contribution in [3.05, 3.63) is 106 Å². The number of Topliss-reactive ketones (excluding diaryl/α,β-unsaturated/α-hetero) is 1. The average Bonchev–Trinajstić information content (AvgIpc) is 3.46. The highest BCUT2D eigenvalue weighted by molar-refractivity contribution is 7.17. The maximum absolute atomic E-state index is 14.1. The highest BCUT2D eigenvalue weighted by Gasteiger charge is 2.45. The van der Waals surface area contributed by atoms with Crippen LogP contribution < -0.4 is 14.5 Å². The lowest BCUT2D eigenvalue weighted by molar-refractivity contribution is -0.117. The summed E-state index contributed by atoms with van der Waals surface area (Å²) in [5.41, 5.74) is 3.70. The number of nitrogens with zero attached hydrogens (tertiary/aromatic N) is 3. The first kappa shape index (κ1) is 27.1. The van der Waals surface area contributed by atoms with Crippen molar-refractivity contribution in [1.82, 2.24) is 4.98 Å². The van der Waals surface area contributed by atoms with E-state index in [0.29, 0.717) is 32.6 Å². The van der Waals surface area contributed by atoms with Gasteiger partial charge in [-0.15, -0.1) is 11.3 Å². The number of ketones is 1. The molecule has 0 saturated carbocycles. The Balaban J connectivity index is 1.60. The molecular weight excluding hydrogens is 522 g/mol. The van der Waals surface area contributed by atoms with E-state index in [1.807, 2.05) is 112 Å². The molecule has 1 unspecified atom stereocenters. The molecule has 0 fully saturated rings. The van der Waals surface area contributed by atoms with Gasteiger partial charge in [0.1, 0.15) is 10.8 Å². The van der Waals surface area contributed by atoms with E-state index >= 15 is 0 Å². The normalized spacial score (nSPS) is 15.2. The van der Waals surface area contributed by atoms with Crippen molar-refractivity contribution in [3.63, 3.8) is 0 Å².